The second kappa shape index (κ2) is 6.55. The molecule has 4 aliphatic rings. The summed E-state index contributed by atoms with van der Waals surface area (Å²) in [7, 11) is 1.34. The van der Waals surface area contributed by atoms with Gasteiger partial charge in [0, 0.05) is 0 Å². The summed E-state index contributed by atoms with van der Waals surface area (Å²) >= 11 is 6.00. The van der Waals surface area contributed by atoms with Gasteiger partial charge in [0.25, 0.3) is 0 Å². The molecule has 152 valence electrons. The highest BCUT2D eigenvalue weighted by atomic mass is 35.5. The predicted molar refractivity (Wildman–Crippen MR) is 107 cm³/mol. The molecule has 4 aliphatic carbocycles. The maximum Gasteiger partial charge on any atom is 0.339 e. The fourth-order valence-corrected chi connectivity index (χ4v) is 6.48. The summed E-state index contributed by atoms with van der Waals surface area (Å²) in [5.41, 5.74) is 0.193. The number of methoxy groups -OCH3 is 1. The number of anilines is 1. The van der Waals surface area contributed by atoms with Crippen LogP contribution in [-0.4, -0.2) is 33.8 Å². The first kappa shape index (κ1) is 18.6. The van der Waals surface area contributed by atoms with Gasteiger partial charge in [-0.1, -0.05) is 12.1 Å². The van der Waals surface area contributed by atoms with Gasteiger partial charge in [-0.05, 0) is 74.1 Å². The zero-order valence-corrected chi connectivity index (χ0v) is 17.0. The van der Waals surface area contributed by atoms with Crippen LogP contribution in [0.3, 0.4) is 0 Å². The quantitative estimate of drug-likeness (QED) is 0.771. The normalized spacial score (nSPS) is 32.2. The highest BCUT2D eigenvalue weighted by molar-refractivity contribution is 6.28. The Labute approximate surface area is 173 Å². The van der Waals surface area contributed by atoms with E-state index in [2.05, 4.69) is 15.4 Å². The number of benzene rings is 1. The van der Waals surface area contributed by atoms with E-state index in [1.54, 1.807) is 30.6 Å². The van der Waals surface area contributed by atoms with Crippen LogP contribution in [-0.2, 0) is 15.1 Å². The number of amides is 1. The summed E-state index contributed by atoms with van der Waals surface area (Å²) in [4.78, 5) is 29.8. The summed E-state index contributed by atoms with van der Waals surface area (Å²) in [6, 6.07) is 6.98. The third kappa shape index (κ3) is 2.94. The Morgan fingerprint density at radius 1 is 1.21 bits per heavy atom. The fourth-order valence-electron chi connectivity index (χ4n) is 6.35. The number of rotatable bonds is 4. The number of hydrogen-bond donors (Lipinski definition) is 1. The number of ether oxygens (including phenoxy) is 1. The standard InChI is InChI=1S/C21H23ClN4O3/c1-29-17(27)15-4-2-3-5-16(15)24-18(28)20-7-13-6-14(8-20)10-21(9-13,11-20)26-12-23-19(22)25-26/h2-5,12-14H,6-11H2,1H3,(H,24,28)/t13-,14-,20?,21?/m0/s1. The second-order valence-corrected chi connectivity index (χ2v) is 9.25. The molecule has 1 aromatic heterocycles. The largest absolute Gasteiger partial charge is 0.465 e. The molecule has 29 heavy (non-hydrogen) atoms. The van der Waals surface area contributed by atoms with Crippen molar-refractivity contribution in [2.24, 2.45) is 17.3 Å². The number of nitrogens with zero attached hydrogens (tertiary/aromatic N) is 3. The first-order valence-electron chi connectivity index (χ1n) is 9.99. The molecule has 6 rings (SSSR count). The highest BCUT2D eigenvalue weighted by Gasteiger charge is 2.61. The van der Waals surface area contributed by atoms with Crippen molar-refractivity contribution in [2.45, 2.75) is 44.1 Å². The van der Waals surface area contributed by atoms with E-state index in [0.29, 0.717) is 23.1 Å². The van der Waals surface area contributed by atoms with Gasteiger partial charge < -0.3 is 10.1 Å². The van der Waals surface area contributed by atoms with Crippen LogP contribution in [0, 0.1) is 17.3 Å². The Morgan fingerprint density at radius 3 is 2.59 bits per heavy atom. The number of esters is 1. The minimum atomic E-state index is -0.467. The number of nitrogens with one attached hydrogen (secondary N) is 1. The van der Waals surface area contributed by atoms with Crippen molar-refractivity contribution in [1.82, 2.24) is 14.8 Å². The zero-order valence-electron chi connectivity index (χ0n) is 16.2. The minimum absolute atomic E-state index is 0.0152. The van der Waals surface area contributed by atoms with E-state index >= 15 is 0 Å². The molecule has 1 amide bonds. The number of carbonyl (C=O) groups excluding carboxylic acids is 2. The lowest BCUT2D eigenvalue weighted by atomic mass is 9.46. The molecule has 7 nitrogen and oxygen atoms in total. The van der Waals surface area contributed by atoms with Crippen LogP contribution in [0.4, 0.5) is 5.69 Å². The first-order chi connectivity index (χ1) is 13.9. The molecule has 4 saturated carbocycles. The van der Waals surface area contributed by atoms with Gasteiger partial charge in [0.15, 0.2) is 0 Å². The molecule has 1 heterocycles. The molecule has 0 radical (unpaired) electrons. The van der Waals surface area contributed by atoms with Crippen molar-refractivity contribution < 1.29 is 14.3 Å². The van der Waals surface area contributed by atoms with E-state index in [0.717, 1.165) is 38.5 Å². The molecule has 0 spiro atoms. The van der Waals surface area contributed by atoms with Crippen LogP contribution < -0.4 is 5.32 Å². The predicted octanol–water partition coefficient (Wildman–Crippen LogP) is 3.65. The molecule has 1 N–H and O–H groups in total. The third-order valence-corrected chi connectivity index (χ3v) is 7.22. The minimum Gasteiger partial charge on any atom is -0.465 e. The van der Waals surface area contributed by atoms with Crippen LogP contribution in [0.15, 0.2) is 30.6 Å². The van der Waals surface area contributed by atoms with Crippen LogP contribution in [0.5, 0.6) is 0 Å². The highest BCUT2D eigenvalue weighted by Crippen LogP contribution is 2.64. The number of aromatic nitrogens is 3. The van der Waals surface area contributed by atoms with Gasteiger partial charge in [-0.2, -0.15) is 0 Å². The van der Waals surface area contributed by atoms with Gasteiger partial charge >= 0.3 is 5.97 Å². The lowest BCUT2D eigenvalue weighted by molar-refractivity contribution is -0.150. The van der Waals surface area contributed by atoms with Crippen molar-refractivity contribution >= 4 is 29.2 Å². The van der Waals surface area contributed by atoms with Gasteiger partial charge in [-0.25, -0.2) is 14.5 Å². The van der Waals surface area contributed by atoms with Gasteiger partial charge in [0.1, 0.15) is 6.33 Å². The molecule has 0 saturated heterocycles. The summed E-state index contributed by atoms with van der Waals surface area (Å²) in [6.45, 7) is 0. The number of carbonyl (C=O) groups is 2. The van der Waals surface area contributed by atoms with Crippen molar-refractivity contribution in [3.8, 4) is 0 Å². The fraction of sp³-hybridized carbons (Fsp3) is 0.524. The lowest BCUT2D eigenvalue weighted by Crippen LogP contribution is -2.60. The van der Waals surface area contributed by atoms with Crippen molar-refractivity contribution in [3.05, 3.63) is 41.4 Å². The van der Waals surface area contributed by atoms with E-state index in [4.69, 9.17) is 16.3 Å². The molecule has 4 fully saturated rings. The second-order valence-electron chi connectivity index (χ2n) is 8.92. The summed E-state index contributed by atoms with van der Waals surface area (Å²) < 4.78 is 6.76. The van der Waals surface area contributed by atoms with Crippen LogP contribution >= 0.6 is 11.6 Å². The van der Waals surface area contributed by atoms with Crippen molar-refractivity contribution in [1.29, 1.82) is 0 Å². The maximum absolute atomic E-state index is 13.6. The number of para-hydroxylation sites is 1. The Balaban J connectivity index is 1.47. The summed E-state index contributed by atoms with van der Waals surface area (Å²) in [6.07, 6.45) is 7.36. The topological polar surface area (TPSA) is 86.1 Å². The Morgan fingerprint density at radius 2 is 1.93 bits per heavy atom. The Kier molecular flexibility index (Phi) is 4.21. The summed E-state index contributed by atoms with van der Waals surface area (Å²) in [5.74, 6) is 0.500. The van der Waals surface area contributed by atoms with Gasteiger partial charge in [0.05, 0.1) is 29.3 Å². The molecular weight excluding hydrogens is 392 g/mol. The van der Waals surface area contributed by atoms with Gasteiger partial charge in [0.2, 0.25) is 11.2 Å². The van der Waals surface area contributed by atoms with Crippen molar-refractivity contribution in [3.63, 3.8) is 0 Å². The lowest BCUT2D eigenvalue weighted by Gasteiger charge is -2.60. The third-order valence-electron chi connectivity index (χ3n) is 7.04. The first-order valence-corrected chi connectivity index (χ1v) is 10.4. The molecule has 2 aromatic rings. The Hall–Kier alpha value is -2.41. The summed E-state index contributed by atoms with van der Waals surface area (Å²) in [5, 5.41) is 7.69. The molecule has 0 unspecified atom stereocenters. The van der Waals surface area contributed by atoms with Gasteiger partial charge in [-0.3, -0.25) is 4.79 Å². The van der Waals surface area contributed by atoms with E-state index in [9.17, 15) is 9.59 Å². The number of halogens is 1. The average molecular weight is 415 g/mol. The van der Waals surface area contributed by atoms with Gasteiger partial charge in [-0.15, -0.1) is 5.10 Å². The zero-order chi connectivity index (χ0) is 20.2. The monoisotopic (exact) mass is 414 g/mol. The van der Waals surface area contributed by atoms with E-state index in [-0.39, 0.29) is 16.7 Å². The molecule has 0 aliphatic heterocycles. The Bertz CT molecular complexity index is 974. The average Bonchev–Trinajstić information content (AvgIpc) is 3.14. The molecule has 8 heteroatoms. The number of hydrogen-bond acceptors (Lipinski definition) is 5. The molecule has 4 bridgehead atoms. The molecular formula is C21H23ClN4O3. The molecule has 2 atom stereocenters. The van der Waals surface area contributed by atoms with E-state index in [1.807, 2.05) is 4.68 Å². The molecule has 1 aromatic carbocycles. The smallest absolute Gasteiger partial charge is 0.339 e. The van der Waals surface area contributed by atoms with E-state index in [1.165, 1.54) is 7.11 Å². The van der Waals surface area contributed by atoms with Crippen LogP contribution in [0.2, 0.25) is 5.28 Å². The SMILES string of the molecule is COC(=O)c1ccccc1NC(=O)C12C[C@@H]3C[C@@H](C1)CC(n1cnc(Cl)n1)(C3)C2. The maximum atomic E-state index is 13.6. The van der Waals surface area contributed by atoms with Crippen LogP contribution in [0.1, 0.15) is 48.9 Å². The van der Waals surface area contributed by atoms with Crippen molar-refractivity contribution in [2.75, 3.05) is 12.4 Å². The van der Waals surface area contributed by atoms with E-state index < -0.39 is 11.4 Å². The van der Waals surface area contributed by atoms with Crippen LogP contribution in [0.25, 0.3) is 0 Å².